The average Bonchev–Trinajstić information content (AvgIpc) is 2.38. The molecule has 114 valence electrons. The Morgan fingerprint density at radius 1 is 1.19 bits per heavy atom. The maximum atomic E-state index is 12.1. The molecule has 0 unspecified atom stereocenters. The van der Waals surface area contributed by atoms with Crippen LogP contribution in [0.25, 0.3) is 0 Å². The molecule has 7 nitrogen and oxygen atoms in total. The van der Waals surface area contributed by atoms with Gasteiger partial charge in [0.15, 0.2) is 0 Å². The number of benzene rings is 1. The summed E-state index contributed by atoms with van der Waals surface area (Å²) in [7, 11) is 1.51. The van der Waals surface area contributed by atoms with Gasteiger partial charge in [0.05, 0.1) is 0 Å². The zero-order valence-corrected chi connectivity index (χ0v) is 12.2. The third-order valence-corrected chi connectivity index (χ3v) is 2.85. The summed E-state index contributed by atoms with van der Waals surface area (Å²) in [5.41, 5.74) is 5.84. The van der Waals surface area contributed by atoms with Crippen LogP contribution >= 0.6 is 11.6 Å². The van der Waals surface area contributed by atoms with Crippen LogP contribution < -0.4 is 5.73 Å². The van der Waals surface area contributed by atoms with Crippen molar-refractivity contribution >= 4 is 29.5 Å². The Bertz CT molecular complexity index is 517. The highest BCUT2D eigenvalue weighted by molar-refractivity contribution is 6.30. The summed E-state index contributed by atoms with van der Waals surface area (Å²) in [6.07, 6.45) is 0. The van der Waals surface area contributed by atoms with Crippen molar-refractivity contribution in [2.75, 3.05) is 20.1 Å². The first-order chi connectivity index (χ1) is 9.79. The number of nitrogens with zero attached hydrogens (tertiary/aromatic N) is 2. The van der Waals surface area contributed by atoms with Gasteiger partial charge in [-0.25, -0.2) is 4.79 Å². The second-order valence-corrected chi connectivity index (χ2v) is 4.92. The van der Waals surface area contributed by atoms with Crippen LogP contribution in [0.2, 0.25) is 5.02 Å². The average molecular weight is 314 g/mol. The van der Waals surface area contributed by atoms with Gasteiger partial charge in [0.25, 0.3) is 0 Å². The first-order valence-electron chi connectivity index (χ1n) is 6.04. The molecule has 0 aliphatic heterocycles. The fraction of sp³-hybridized carbons (Fsp3) is 0.308. The number of carboxylic acid groups (broad SMARTS) is 1. The Labute approximate surface area is 126 Å². The summed E-state index contributed by atoms with van der Waals surface area (Å²) in [6.45, 7) is -0.784. The number of carboxylic acids is 1. The van der Waals surface area contributed by atoms with Gasteiger partial charge in [0, 0.05) is 18.6 Å². The maximum absolute atomic E-state index is 12.1. The minimum Gasteiger partial charge on any atom is -0.480 e. The maximum Gasteiger partial charge on any atom is 0.323 e. The van der Waals surface area contributed by atoms with Crippen molar-refractivity contribution in [3.05, 3.63) is 34.9 Å². The first kappa shape index (κ1) is 16.8. The third-order valence-electron chi connectivity index (χ3n) is 2.60. The number of hydrogen-bond donors (Lipinski definition) is 2. The highest BCUT2D eigenvalue weighted by Crippen LogP contribution is 2.11. The van der Waals surface area contributed by atoms with Gasteiger partial charge in [-0.2, -0.15) is 0 Å². The minimum absolute atomic E-state index is 0.255. The van der Waals surface area contributed by atoms with E-state index in [0.29, 0.717) is 5.02 Å². The topological polar surface area (TPSA) is 104 Å². The largest absolute Gasteiger partial charge is 0.480 e. The Balaban J connectivity index is 2.74. The van der Waals surface area contributed by atoms with Crippen LogP contribution in [0.15, 0.2) is 24.3 Å². The summed E-state index contributed by atoms with van der Waals surface area (Å²) >= 11 is 5.77. The van der Waals surface area contributed by atoms with Crippen molar-refractivity contribution in [1.29, 1.82) is 0 Å². The van der Waals surface area contributed by atoms with E-state index in [2.05, 4.69) is 0 Å². The Kier molecular flexibility index (Phi) is 5.98. The van der Waals surface area contributed by atoms with Crippen LogP contribution in [0.1, 0.15) is 5.56 Å². The molecule has 0 aromatic heterocycles. The van der Waals surface area contributed by atoms with E-state index in [1.165, 1.54) is 11.9 Å². The van der Waals surface area contributed by atoms with Crippen molar-refractivity contribution in [3.8, 4) is 0 Å². The second kappa shape index (κ2) is 7.49. The number of rotatable bonds is 6. The normalized spacial score (nSPS) is 10.0. The van der Waals surface area contributed by atoms with Crippen molar-refractivity contribution in [2.45, 2.75) is 6.54 Å². The van der Waals surface area contributed by atoms with E-state index in [0.717, 1.165) is 10.5 Å². The van der Waals surface area contributed by atoms with Gasteiger partial charge < -0.3 is 20.6 Å². The summed E-state index contributed by atoms with van der Waals surface area (Å²) in [5.74, 6) is -1.99. The highest BCUT2D eigenvalue weighted by atomic mass is 35.5. The lowest BCUT2D eigenvalue weighted by Gasteiger charge is -2.26. The first-order valence-corrected chi connectivity index (χ1v) is 6.42. The number of amides is 3. The summed E-state index contributed by atoms with van der Waals surface area (Å²) in [4.78, 5) is 36.0. The van der Waals surface area contributed by atoms with Crippen molar-refractivity contribution in [2.24, 2.45) is 5.73 Å². The van der Waals surface area contributed by atoms with E-state index in [4.69, 9.17) is 22.4 Å². The summed E-state index contributed by atoms with van der Waals surface area (Å²) in [5, 5.41) is 9.35. The summed E-state index contributed by atoms with van der Waals surface area (Å²) in [6, 6.07) is 6.29. The van der Waals surface area contributed by atoms with Crippen LogP contribution in [0.4, 0.5) is 4.79 Å². The Morgan fingerprint density at radius 2 is 1.76 bits per heavy atom. The zero-order valence-electron chi connectivity index (χ0n) is 11.5. The molecular weight excluding hydrogens is 298 g/mol. The molecule has 0 fully saturated rings. The van der Waals surface area contributed by atoms with Gasteiger partial charge in [0.2, 0.25) is 5.91 Å². The molecule has 0 saturated carbocycles. The van der Waals surface area contributed by atoms with Gasteiger partial charge in [-0.15, -0.1) is 0 Å². The monoisotopic (exact) mass is 313 g/mol. The van der Waals surface area contributed by atoms with Crippen LogP contribution in [0.5, 0.6) is 0 Å². The van der Waals surface area contributed by atoms with Crippen molar-refractivity contribution < 1.29 is 19.5 Å². The highest BCUT2D eigenvalue weighted by Gasteiger charge is 2.22. The summed E-state index contributed by atoms with van der Waals surface area (Å²) < 4.78 is 0. The van der Waals surface area contributed by atoms with E-state index in [9.17, 15) is 14.4 Å². The van der Waals surface area contributed by atoms with E-state index in [1.54, 1.807) is 24.3 Å². The molecule has 0 aliphatic rings. The lowest BCUT2D eigenvalue weighted by molar-refractivity contribution is -0.138. The molecule has 0 saturated heterocycles. The minimum atomic E-state index is -1.22. The third kappa shape index (κ3) is 5.70. The van der Waals surface area contributed by atoms with E-state index >= 15 is 0 Å². The van der Waals surface area contributed by atoms with E-state index in [1.807, 2.05) is 0 Å². The number of aliphatic carboxylic acids is 1. The molecule has 0 bridgehead atoms. The number of carbonyl (C=O) groups excluding carboxylic acids is 2. The standard InChI is InChI=1S/C13H16ClN3O4/c1-16(6-9-2-4-10(14)5-3-9)13(21)17(7-11(15)18)8-12(19)20/h2-5H,6-8H2,1H3,(H2,15,18)(H,19,20). The number of halogens is 1. The molecule has 0 aliphatic carbocycles. The molecular formula is C13H16ClN3O4. The SMILES string of the molecule is CN(Cc1ccc(Cl)cc1)C(=O)N(CC(N)=O)CC(=O)O. The zero-order chi connectivity index (χ0) is 16.0. The molecule has 0 heterocycles. The van der Waals surface area contributed by atoms with Crippen LogP contribution in [-0.4, -0.2) is 53.0 Å². The fourth-order valence-electron chi connectivity index (χ4n) is 1.72. The number of carbonyl (C=O) groups is 3. The molecule has 1 aromatic carbocycles. The van der Waals surface area contributed by atoms with Crippen LogP contribution in [0, 0.1) is 0 Å². The lowest BCUT2D eigenvalue weighted by Crippen LogP contribution is -2.47. The van der Waals surface area contributed by atoms with E-state index < -0.39 is 31.0 Å². The number of primary amides is 1. The van der Waals surface area contributed by atoms with Gasteiger partial charge in [-0.3, -0.25) is 9.59 Å². The van der Waals surface area contributed by atoms with Crippen LogP contribution in [0.3, 0.4) is 0 Å². The molecule has 3 N–H and O–H groups in total. The quantitative estimate of drug-likeness (QED) is 0.809. The van der Waals surface area contributed by atoms with Gasteiger partial charge >= 0.3 is 12.0 Å². The lowest BCUT2D eigenvalue weighted by atomic mass is 10.2. The molecule has 0 spiro atoms. The van der Waals surface area contributed by atoms with Gasteiger partial charge in [-0.05, 0) is 17.7 Å². The Morgan fingerprint density at radius 3 is 2.24 bits per heavy atom. The molecule has 21 heavy (non-hydrogen) atoms. The molecule has 0 radical (unpaired) electrons. The van der Waals surface area contributed by atoms with Crippen LogP contribution in [-0.2, 0) is 16.1 Å². The Hall–Kier alpha value is -2.28. The molecule has 0 atom stereocenters. The number of hydrogen-bond acceptors (Lipinski definition) is 3. The molecule has 1 aromatic rings. The fourth-order valence-corrected chi connectivity index (χ4v) is 1.84. The number of urea groups is 1. The predicted molar refractivity (Wildman–Crippen MR) is 76.7 cm³/mol. The second-order valence-electron chi connectivity index (χ2n) is 4.48. The molecule has 8 heteroatoms. The van der Waals surface area contributed by atoms with Gasteiger partial charge in [0.1, 0.15) is 13.1 Å². The van der Waals surface area contributed by atoms with E-state index in [-0.39, 0.29) is 6.54 Å². The van der Waals surface area contributed by atoms with Crippen molar-refractivity contribution in [1.82, 2.24) is 9.80 Å². The van der Waals surface area contributed by atoms with Gasteiger partial charge in [-0.1, -0.05) is 23.7 Å². The number of nitrogens with two attached hydrogens (primary N) is 1. The van der Waals surface area contributed by atoms with Crippen molar-refractivity contribution in [3.63, 3.8) is 0 Å². The smallest absolute Gasteiger partial charge is 0.323 e. The molecule has 3 amide bonds. The molecule has 1 rings (SSSR count). The predicted octanol–water partition coefficient (Wildman–Crippen LogP) is 0.764.